The van der Waals surface area contributed by atoms with E-state index in [2.05, 4.69) is 10.6 Å². The summed E-state index contributed by atoms with van der Waals surface area (Å²) in [6, 6.07) is 1.71. The number of nitrogens with zero attached hydrogens (tertiary/aromatic N) is 1. The Morgan fingerprint density at radius 1 is 1.35 bits per heavy atom. The van der Waals surface area contributed by atoms with Crippen LogP contribution in [-0.2, 0) is 4.84 Å². The van der Waals surface area contributed by atoms with Crippen LogP contribution in [0, 0.1) is 0 Å². The SMILES string of the molecule is O=C(NOC1CCCC1)c1cc(C2CC2)on1. The van der Waals surface area contributed by atoms with E-state index >= 15 is 0 Å². The zero-order valence-corrected chi connectivity index (χ0v) is 9.65. The number of aromatic nitrogens is 1. The first kappa shape index (κ1) is 10.8. The number of carbonyl (C=O) groups excluding carboxylic acids is 1. The first-order valence-electron chi connectivity index (χ1n) is 6.25. The molecule has 0 bridgehead atoms. The molecule has 0 radical (unpaired) electrons. The molecule has 0 atom stereocenters. The quantitative estimate of drug-likeness (QED) is 0.813. The van der Waals surface area contributed by atoms with Gasteiger partial charge in [-0.1, -0.05) is 18.0 Å². The Labute approximate surface area is 99.4 Å². The Morgan fingerprint density at radius 2 is 2.12 bits per heavy atom. The molecule has 0 spiro atoms. The Balaban J connectivity index is 1.53. The van der Waals surface area contributed by atoms with Crippen LogP contribution in [-0.4, -0.2) is 17.2 Å². The monoisotopic (exact) mass is 236 g/mol. The van der Waals surface area contributed by atoms with Crippen LogP contribution in [0.4, 0.5) is 0 Å². The number of amides is 1. The van der Waals surface area contributed by atoms with E-state index in [1.807, 2.05) is 0 Å². The molecular weight excluding hydrogens is 220 g/mol. The predicted molar refractivity (Wildman–Crippen MR) is 59.3 cm³/mol. The minimum Gasteiger partial charge on any atom is -0.360 e. The van der Waals surface area contributed by atoms with Crippen molar-refractivity contribution in [1.82, 2.24) is 10.6 Å². The fourth-order valence-corrected chi connectivity index (χ4v) is 2.15. The third-order valence-corrected chi connectivity index (χ3v) is 3.36. The van der Waals surface area contributed by atoms with Gasteiger partial charge < -0.3 is 4.52 Å². The highest BCUT2D eigenvalue weighted by molar-refractivity contribution is 5.91. The van der Waals surface area contributed by atoms with E-state index in [-0.39, 0.29) is 12.0 Å². The summed E-state index contributed by atoms with van der Waals surface area (Å²) in [5, 5.41) is 3.76. The van der Waals surface area contributed by atoms with E-state index in [1.165, 1.54) is 12.8 Å². The van der Waals surface area contributed by atoms with Crippen molar-refractivity contribution >= 4 is 5.91 Å². The number of nitrogens with one attached hydrogen (secondary N) is 1. The van der Waals surface area contributed by atoms with Gasteiger partial charge in [-0.25, -0.2) is 5.48 Å². The highest BCUT2D eigenvalue weighted by Gasteiger charge is 2.29. The van der Waals surface area contributed by atoms with Crippen LogP contribution in [0.3, 0.4) is 0 Å². The van der Waals surface area contributed by atoms with Crippen LogP contribution in [0.25, 0.3) is 0 Å². The first-order valence-corrected chi connectivity index (χ1v) is 6.25. The van der Waals surface area contributed by atoms with E-state index in [0.29, 0.717) is 11.6 Å². The molecule has 2 aliphatic carbocycles. The van der Waals surface area contributed by atoms with Crippen LogP contribution >= 0.6 is 0 Å². The summed E-state index contributed by atoms with van der Waals surface area (Å²) in [5.41, 5.74) is 2.76. The number of rotatable bonds is 4. The van der Waals surface area contributed by atoms with Crippen LogP contribution in [0.1, 0.15) is 60.7 Å². The second-order valence-corrected chi connectivity index (χ2v) is 4.84. The lowest BCUT2D eigenvalue weighted by molar-refractivity contribution is -0.0129. The summed E-state index contributed by atoms with van der Waals surface area (Å²) in [6.07, 6.45) is 6.82. The van der Waals surface area contributed by atoms with Crippen molar-refractivity contribution in [3.05, 3.63) is 17.5 Å². The van der Waals surface area contributed by atoms with Gasteiger partial charge in [0.05, 0.1) is 6.10 Å². The summed E-state index contributed by atoms with van der Waals surface area (Å²) in [5.74, 6) is 0.975. The minimum atomic E-state index is -0.312. The van der Waals surface area contributed by atoms with E-state index in [9.17, 15) is 4.79 Å². The Morgan fingerprint density at radius 3 is 2.82 bits per heavy atom. The molecule has 5 nitrogen and oxygen atoms in total. The number of hydrogen-bond donors (Lipinski definition) is 1. The molecule has 1 heterocycles. The molecule has 0 aromatic carbocycles. The van der Waals surface area contributed by atoms with E-state index in [4.69, 9.17) is 9.36 Å². The highest BCUT2D eigenvalue weighted by atomic mass is 16.7. The maximum atomic E-state index is 11.7. The Bertz CT molecular complexity index is 406. The van der Waals surface area contributed by atoms with Gasteiger partial charge in [-0.2, -0.15) is 0 Å². The van der Waals surface area contributed by atoms with Crippen molar-refractivity contribution in [2.45, 2.75) is 50.5 Å². The molecule has 2 fully saturated rings. The third kappa shape index (κ3) is 2.49. The molecule has 5 heteroatoms. The lowest BCUT2D eigenvalue weighted by atomic mass is 10.3. The van der Waals surface area contributed by atoms with Gasteiger partial charge in [-0.15, -0.1) is 0 Å². The topological polar surface area (TPSA) is 64.4 Å². The molecule has 2 aliphatic rings. The molecule has 1 aromatic rings. The summed E-state index contributed by atoms with van der Waals surface area (Å²) in [6.45, 7) is 0. The molecule has 0 aliphatic heterocycles. The van der Waals surface area contributed by atoms with Crippen molar-refractivity contribution < 1.29 is 14.2 Å². The maximum absolute atomic E-state index is 11.7. The van der Waals surface area contributed by atoms with Gasteiger partial charge in [0, 0.05) is 12.0 Å². The molecule has 17 heavy (non-hydrogen) atoms. The molecule has 2 saturated carbocycles. The van der Waals surface area contributed by atoms with Crippen LogP contribution < -0.4 is 5.48 Å². The Kier molecular flexibility index (Phi) is 2.84. The van der Waals surface area contributed by atoms with Gasteiger partial charge in [0.1, 0.15) is 5.76 Å². The molecule has 1 N–H and O–H groups in total. The van der Waals surface area contributed by atoms with Gasteiger partial charge in [-0.05, 0) is 25.7 Å². The van der Waals surface area contributed by atoms with E-state index < -0.39 is 0 Å². The standard InChI is InChI=1S/C12H16N2O3/c15-12(14-16-9-3-1-2-4-9)10-7-11(17-13-10)8-5-6-8/h7-9H,1-6H2,(H,14,15). The molecular formula is C12H16N2O3. The van der Waals surface area contributed by atoms with Crippen molar-refractivity contribution in [2.24, 2.45) is 0 Å². The number of hydrogen-bond acceptors (Lipinski definition) is 4. The zero-order valence-electron chi connectivity index (χ0n) is 9.65. The zero-order chi connectivity index (χ0) is 11.7. The largest absolute Gasteiger partial charge is 0.360 e. The molecule has 3 rings (SSSR count). The molecule has 92 valence electrons. The Hall–Kier alpha value is -1.36. The normalized spacial score (nSPS) is 20.7. The highest BCUT2D eigenvalue weighted by Crippen LogP contribution is 2.40. The third-order valence-electron chi connectivity index (χ3n) is 3.36. The van der Waals surface area contributed by atoms with Crippen molar-refractivity contribution in [3.8, 4) is 0 Å². The van der Waals surface area contributed by atoms with Crippen LogP contribution in [0.15, 0.2) is 10.6 Å². The first-order chi connectivity index (χ1) is 8.33. The van der Waals surface area contributed by atoms with Crippen LogP contribution in [0.2, 0.25) is 0 Å². The summed E-state index contributed by atoms with van der Waals surface area (Å²) in [7, 11) is 0. The maximum Gasteiger partial charge on any atom is 0.297 e. The minimum absolute atomic E-state index is 0.161. The van der Waals surface area contributed by atoms with Gasteiger partial charge in [-0.3, -0.25) is 9.63 Å². The fraction of sp³-hybridized carbons (Fsp3) is 0.667. The van der Waals surface area contributed by atoms with Gasteiger partial charge in [0.25, 0.3) is 5.91 Å². The average molecular weight is 236 g/mol. The lowest BCUT2D eigenvalue weighted by Crippen LogP contribution is -2.28. The van der Waals surface area contributed by atoms with Gasteiger partial charge in [0.15, 0.2) is 5.69 Å². The van der Waals surface area contributed by atoms with E-state index in [0.717, 1.165) is 31.4 Å². The summed E-state index contributed by atoms with van der Waals surface area (Å²) >= 11 is 0. The molecule has 1 amide bonds. The van der Waals surface area contributed by atoms with E-state index in [1.54, 1.807) is 6.07 Å². The number of carbonyl (C=O) groups is 1. The second kappa shape index (κ2) is 4.49. The fourth-order valence-electron chi connectivity index (χ4n) is 2.15. The average Bonchev–Trinajstić information content (AvgIpc) is 2.88. The molecule has 0 saturated heterocycles. The number of hydroxylamine groups is 1. The summed E-state index contributed by atoms with van der Waals surface area (Å²) in [4.78, 5) is 17.0. The van der Waals surface area contributed by atoms with Gasteiger partial charge >= 0.3 is 0 Å². The predicted octanol–water partition coefficient (Wildman–Crippen LogP) is 2.16. The summed E-state index contributed by atoms with van der Waals surface area (Å²) < 4.78 is 5.12. The lowest BCUT2D eigenvalue weighted by Gasteiger charge is -2.09. The van der Waals surface area contributed by atoms with Gasteiger partial charge in [0.2, 0.25) is 0 Å². The van der Waals surface area contributed by atoms with Crippen molar-refractivity contribution in [2.75, 3.05) is 0 Å². The molecule has 1 aromatic heterocycles. The smallest absolute Gasteiger partial charge is 0.297 e. The molecule has 0 unspecified atom stereocenters. The van der Waals surface area contributed by atoms with Crippen molar-refractivity contribution in [3.63, 3.8) is 0 Å². The second-order valence-electron chi connectivity index (χ2n) is 4.84. The van der Waals surface area contributed by atoms with Crippen LogP contribution in [0.5, 0.6) is 0 Å². The van der Waals surface area contributed by atoms with Crippen molar-refractivity contribution in [1.29, 1.82) is 0 Å².